The first-order valence-electron chi connectivity index (χ1n) is 6.75. The lowest BCUT2D eigenvalue weighted by Crippen LogP contribution is -2.26. The van der Waals surface area contributed by atoms with Crippen molar-refractivity contribution < 1.29 is 4.92 Å². The van der Waals surface area contributed by atoms with Gasteiger partial charge in [-0.3, -0.25) is 10.1 Å². The van der Waals surface area contributed by atoms with Crippen LogP contribution in [0.5, 0.6) is 0 Å². The fourth-order valence-corrected chi connectivity index (χ4v) is 3.92. The molecule has 0 radical (unpaired) electrons. The number of aryl methyl sites for hydroxylation is 1. The van der Waals surface area contributed by atoms with Crippen LogP contribution in [-0.2, 0) is 0 Å². The number of anilines is 1. The van der Waals surface area contributed by atoms with E-state index in [1.54, 1.807) is 13.0 Å². The molecule has 2 atom stereocenters. The second kappa shape index (κ2) is 6.28. The van der Waals surface area contributed by atoms with Gasteiger partial charge in [-0.2, -0.15) is 11.8 Å². The van der Waals surface area contributed by atoms with Crippen LogP contribution in [0, 0.1) is 17.0 Å². The van der Waals surface area contributed by atoms with Gasteiger partial charge in [0.15, 0.2) is 0 Å². The molecule has 5 heteroatoms. The van der Waals surface area contributed by atoms with Crippen LogP contribution < -0.4 is 5.32 Å². The monoisotopic (exact) mass is 280 g/mol. The predicted octanol–water partition coefficient (Wildman–Crippen LogP) is 3.99. The molecule has 4 nitrogen and oxygen atoms in total. The van der Waals surface area contributed by atoms with Gasteiger partial charge in [-0.1, -0.05) is 25.5 Å². The van der Waals surface area contributed by atoms with Gasteiger partial charge in [0.1, 0.15) is 5.69 Å². The van der Waals surface area contributed by atoms with Crippen LogP contribution in [0.2, 0.25) is 0 Å². The number of hydrogen-bond acceptors (Lipinski definition) is 4. The number of benzene rings is 1. The zero-order valence-corrected chi connectivity index (χ0v) is 12.2. The number of para-hydroxylation sites is 1. The van der Waals surface area contributed by atoms with Crippen molar-refractivity contribution in [1.82, 2.24) is 0 Å². The molecule has 2 unspecified atom stereocenters. The van der Waals surface area contributed by atoms with Crippen LogP contribution in [0.25, 0.3) is 0 Å². The minimum atomic E-state index is -0.283. The third-order valence-electron chi connectivity index (χ3n) is 3.59. The summed E-state index contributed by atoms with van der Waals surface area (Å²) in [7, 11) is 0. The zero-order chi connectivity index (χ0) is 13.8. The van der Waals surface area contributed by atoms with Crippen LogP contribution in [0.1, 0.15) is 31.7 Å². The summed E-state index contributed by atoms with van der Waals surface area (Å²) in [6, 6.07) is 5.83. The number of nitrogens with zero attached hydrogens (tertiary/aromatic N) is 1. The molecule has 1 aromatic carbocycles. The molecule has 2 rings (SSSR count). The van der Waals surface area contributed by atoms with E-state index in [0.29, 0.717) is 22.5 Å². The highest BCUT2D eigenvalue weighted by Gasteiger charge is 2.29. The lowest BCUT2D eigenvalue weighted by Gasteiger charge is -2.21. The number of nitro benzene ring substituents is 1. The smallest absolute Gasteiger partial charge is 0.295 e. The van der Waals surface area contributed by atoms with Crippen molar-refractivity contribution in [3.63, 3.8) is 0 Å². The van der Waals surface area contributed by atoms with Crippen LogP contribution >= 0.6 is 11.8 Å². The van der Waals surface area contributed by atoms with E-state index >= 15 is 0 Å². The minimum Gasteiger partial charge on any atom is -0.376 e. The van der Waals surface area contributed by atoms with E-state index in [2.05, 4.69) is 12.2 Å². The summed E-state index contributed by atoms with van der Waals surface area (Å²) >= 11 is 1.95. The van der Waals surface area contributed by atoms with Crippen LogP contribution in [-0.4, -0.2) is 22.0 Å². The Bertz CT molecular complexity index is 465. The lowest BCUT2D eigenvalue weighted by molar-refractivity contribution is -0.384. The molecule has 1 aliphatic carbocycles. The SMILES string of the molecule is CCSC1CCCC1Nc1cccc(C)c1[N+](=O)[O-]. The second-order valence-corrected chi connectivity index (χ2v) is 6.42. The zero-order valence-electron chi connectivity index (χ0n) is 11.4. The van der Waals surface area contributed by atoms with E-state index in [9.17, 15) is 10.1 Å². The van der Waals surface area contributed by atoms with Gasteiger partial charge in [0.05, 0.1) is 4.92 Å². The van der Waals surface area contributed by atoms with Crippen LogP contribution in [0.15, 0.2) is 18.2 Å². The molecule has 1 saturated carbocycles. The third kappa shape index (κ3) is 3.21. The summed E-state index contributed by atoms with van der Waals surface area (Å²) in [5.41, 5.74) is 1.60. The molecule has 0 amide bonds. The summed E-state index contributed by atoms with van der Waals surface area (Å²) in [6.45, 7) is 3.95. The van der Waals surface area contributed by atoms with Gasteiger partial charge in [-0.15, -0.1) is 0 Å². The topological polar surface area (TPSA) is 55.2 Å². The van der Waals surface area contributed by atoms with Gasteiger partial charge in [-0.05, 0) is 31.6 Å². The highest BCUT2D eigenvalue weighted by Crippen LogP contribution is 2.35. The molecule has 0 aromatic heterocycles. The second-order valence-electron chi connectivity index (χ2n) is 4.90. The summed E-state index contributed by atoms with van der Waals surface area (Å²) in [5, 5.41) is 15.2. The van der Waals surface area contributed by atoms with Crippen molar-refractivity contribution in [3.8, 4) is 0 Å². The first-order chi connectivity index (χ1) is 9.13. The summed E-state index contributed by atoms with van der Waals surface area (Å²) < 4.78 is 0. The largest absolute Gasteiger partial charge is 0.376 e. The van der Waals surface area contributed by atoms with Crippen molar-refractivity contribution in [2.45, 2.75) is 44.4 Å². The van der Waals surface area contributed by atoms with Gasteiger partial charge in [0.2, 0.25) is 0 Å². The Morgan fingerprint density at radius 1 is 1.47 bits per heavy atom. The number of hydrogen-bond donors (Lipinski definition) is 1. The fraction of sp³-hybridized carbons (Fsp3) is 0.571. The van der Waals surface area contributed by atoms with E-state index in [1.165, 1.54) is 12.8 Å². The van der Waals surface area contributed by atoms with Crippen molar-refractivity contribution in [2.75, 3.05) is 11.1 Å². The molecular formula is C14H20N2O2S. The van der Waals surface area contributed by atoms with Crippen LogP contribution in [0.3, 0.4) is 0 Å². The van der Waals surface area contributed by atoms with Gasteiger partial charge in [0, 0.05) is 16.9 Å². The lowest BCUT2D eigenvalue weighted by atomic mass is 10.1. The first-order valence-corrected chi connectivity index (χ1v) is 7.80. The maximum absolute atomic E-state index is 11.2. The van der Waals surface area contributed by atoms with Crippen molar-refractivity contribution >= 4 is 23.1 Å². The molecule has 0 heterocycles. The van der Waals surface area contributed by atoms with E-state index in [1.807, 2.05) is 23.9 Å². The molecule has 0 bridgehead atoms. The quantitative estimate of drug-likeness (QED) is 0.654. The van der Waals surface area contributed by atoms with Gasteiger partial charge in [-0.25, -0.2) is 0 Å². The average molecular weight is 280 g/mol. The number of nitro groups is 1. The average Bonchev–Trinajstić information content (AvgIpc) is 2.77. The van der Waals surface area contributed by atoms with E-state index in [-0.39, 0.29) is 10.6 Å². The third-order valence-corrected chi connectivity index (χ3v) is 4.92. The molecule has 1 aromatic rings. The molecule has 1 fully saturated rings. The standard InChI is InChI=1S/C14H20N2O2S/c1-3-19-13-9-5-7-11(13)15-12-8-4-6-10(2)14(12)16(17)18/h4,6,8,11,13,15H,3,5,7,9H2,1-2H3. The van der Waals surface area contributed by atoms with E-state index in [4.69, 9.17) is 0 Å². The first kappa shape index (κ1) is 14.2. The Morgan fingerprint density at radius 2 is 2.26 bits per heavy atom. The van der Waals surface area contributed by atoms with Crippen LogP contribution in [0.4, 0.5) is 11.4 Å². The molecule has 0 aliphatic heterocycles. The Hall–Kier alpha value is -1.23. The molecule has 1 aliphatic rings. The Kier molecular flexibility index (Phi) is 4.69. The maximum atomic E-state index is 11.2. The number of nitrogens with one attached hydrogen (secondary N) is 1. The Morgan fingerprint density at radius 3 is 2.95 bits per heavy atom. The van der Waals surface area contributed by atoms with Crippen molar-refractivity contribution in [2.24, 2.45) is 0 Å². The Labute approximate surface area is 118 Å². The highest BCUT2D eigenvalue weighted by atomic mass is 32.2. The van der Waals surface area contributed by atoms with Crippen molar-refractivity contribution in [1.29, 1.82) is 0 Å². The van der Waals surface area contributed by atoms with E-state index in [0.717, 1.165) is 12.2 Å². The molecule has 19 heavy (non-hydrogen) atoms. The molecular weight excluding hydrogens is 260 g/mol. The predicted molar refractivity (Wildman–Crippen MR) is 81.0 cm³/mol. The molecule has 104 valence electrons. The fourth-order valence-electron chi connectivity index (χ4n) is 2.72. The minimum absolute atomic E-state index is 0.217. The summed E-state index contributed by atoms with van der Waals surface area (Å²) in [5.74, 6) is 1.10. The van der Waals surface area contributed by atoms with Crippen molar-refractivity contribution in [3.05, 3.63) is 33.9 Å². The molecule has 0 spiro atoms. The summed E-state index contributed by atoms with van der Waals surface area (Å²) in [4.78, 5) is 10.9. The summed E-state index contributed by atoms with van der Waals surface area (Å²) in [6.07, 6.45) is 3.51. The molecule has 1 N–H and O–H groups in total. The normalized spacial score (nSPS) is 22.4. The van der Waals surface area contributed by atoms with Gasteiger partial charge in [0.25, 0.3) is 5.69 Å². The highest BCUT2D eigenvalue weighted by molar-refractivity contribution is 7.99. The number of thioether (sulfide) groups is 1. The van der Waals surface area contributed by atoms with Gasteiger partial charge >= 0.3 is 0 Å². The Balaban J connectivity index is 2.19. The number of rotatable bonds is 5. The van der Waals surface area contributed by atoms with E-state index < -0.39 is 0 Å². The molecule has 0 saturated heterocycles. The van der Waals surface area contributed by atoms with Gasteiger partial charge < -0.3 is 5.32 Å². The maximum Gasteiger partial charge on any atom is 0.295 e.